The van der Waals surface area contributed by atoms with Crippen LogP contribution < -0.4 is 15.5 Å². The molecule has 1 aromatic rings. The van der Waals surface area contributed by atoms with Gasteiger partial charge in [0.2, 0.25) is 0 Å². The van der Waals surface area contributed by atoms with Crippen LogP contribution in [0.15, 0.2) is 29.4 Å². The highest BCUT2D eigenvalue weighted by molar-refractivity contribution is 5.89. The number of benzene rings is 1. The third-order valence-corrected chi connectivity index (χ3v) is 3.76. The van der Waals surface area contributed by atoms with E-state index in [1.54, 1.807) is 7.11 Å². The smallest absolute Gasteiger partial charge is 0.259 e. The molecular weight excluding hydrogens is 266 g/mol. The van der Waals surface area contributed by atoms with Crippen LogP contribution in [0.2, 0.25) is 0 Å². The molecule has 0 heterocycles. The van der Waals surface area contributed by atoms with E-state index in [1.165, 1.54) is 12.8 Å². The molecule has 1 aliphatic carbocycles. The Bertz CT molecular complexity index is 514. The quantitative estimate of drug-likeness (QED) is 0.819. The Morgan fingerprint density at radius 3 is 2.95 bits per heavy atom. The number of carbonyl (C=O) groups excluding carboxylic acids is 1. The number of hydrazone groups is 1. The van der Waals surface area contributed by atoms with Crippen LogP contribution in [0.4, 0.5) is 5.69 Å². The second-order valence-corrected chi connectivity index (χ2v) is 5.34. The van der Waals surface area contributed by atoms with Crippen LogP contribution >= 0.6 is 0 Å². The number of anilines is 1. The summed E-state index contributed by atoms with van der Waals surface area (Å²) in [5.41, 5.74) is 4.54. The first-order valence-electron chi connectivity index (χ1n) is 7.43. The molecule has 0 saturated heterocycles. The molecule has 114 valence electrons. The molecule has 0 aliphatic heterocycles. The molecule has 1 fully saturated rings. The Hall–Kier alpha value is -2.04. The summed E-state index contributed by atoms with van der Waals surface area (Å²) >= 11 is 0. The molecule has 2 N–H and O–H groups in total. The highest BCUT2D eigenvalue weighted by Crippen LogP contribution is 2.22. The molecule has 0 aromatic heterocycles. The normalized spacial score (nSPS) is 20.1. The van der Waals surface area contributed by atoms with E-state index < -0.39 is 0 Å². The molecular formula is C16H23N3O2. The summed E-state index contributed by atoms with van der Waals surface area (Å²) in [5, 5.41) is 7.32. The van der Waals surface area contributed by atoms with Gasteiger partial charge >= 0.3 is 0 Å². The maximum Gasteiger partial charge on any atom is 0.259 e. The largest absolute Gasteiger partial charge is 0.495 e. The van der Waals surface area contributed by atoms with E-state index in [9.17, 15) is 4.79 Å². The van der Waals surface area contributed by atoms with E-state index in [0.717, 1.165) is 30.0 Å². The molecule has 1 atom stereocenters. The lowest BCUT2D eigenvalue weighted by molar-refractivity contribution is -0.119. The molecule has 5 nitrogen and oxygen atoms in total. The summed E-state index contributed by atoms with van der Waals surface area (Å²) in [6, 6.07) is 7.51. The van der Waals surface area contributed by atoms with Gasteiger partial charge in [-0.3, -0.25) is 4.79 Å². The zero-order chi connectivity index (χ0) is 15.1. The van der Waals surface area contributed by atoms with Crippen LogP contribution in [0.5, 0.6) is 5.75 Å². The van der Waals surface area contributed by atoms with Gasteiger partial charge in [-0.05, 0) is 37.3 Å². The number of carbonyl (C=O) groups is 1. The number of rotatable bonds is 5. The van der Waals surface area contributed by atoms with Gasteiger partial charge in [0.05, 0.1) is 19.3 Å². The average molecular weight is 289 g/mol. The van der Waals surface area contributed by atoms with E-state index in [2.05, 4.69) is 22.8 Å². The summed E-state index contributed by atoms with van der Waals surface area (Å²) in [6.07, 6.45) is 4.57. The summed E-state index contributed by atoms with van der Waals surface area (Å²) in [6.45, 7) is 2.34. The summed E-state index contributed by atoms with van der Waals surface area (Å²) in [4.78, 5) is 11.8. The highest BCUT2D eigenvalue weighted by atomic mass is 16.5. The van der Waals surface area contributed by atoms with Crippen LogP contribution in [0.25, 0.3) is 0 Å². The maximum absolute atomic E-state index is 11.8. The third kappa shape index (κ3) is 4.48. The van der Waals surface area contributed by atoms with Gasteiger partial charge in [-0.25, -0.2) is 5.43 Å². The number of hydrogen-bond donors (Lipinski definition) is 2. The average Bonchev–Trinajstić information content (AvgIpc) is 2.52. The molecule has 1 aromatic carbocycles. The van der Waals surface area contributed by atoms with E-state index in [1.807, 2.05) is 24.3 Å². The summed E-state index contributed by atoms with van der Waals surface area (Å²) in [7, 11) is 1.61. The topological polar surface area (TPSA) is 62.7 Å². The molecule has 21 heavy (non-hydrogen) atoms. The zero-order valence-corrected chi connectivity index (χ0v) is 12.7. The van der Waals surface area contributed by atoms with Crippen LogP contribution in [0.3, 0.4) is 0 Å². The predicted molar refractivity (Wildman–Crippen MR) is 84.7 cm³/mol. The first-order valence-corrected chi connectivity index (χ1v) is 7.43. The lowest BCUT2D eigenvalue weighted by Crippen LogP contribution is -2.29. The van der Waals surface area contributed by atoms with Crippen LogP contribution in [-0.2, 0) is 4.79 Å². The fourth-order valence-electron chi connectivity index (χ4n) is 2.48. The minimum absolute atomic E-state index is 0.147. The second-order valence-electron chi connectivity index (χ2n) is 5.34. The molecule has 5 heteroatoms. The van der Waals surface area contributed by atoms with Gasteiger partial charge in [-0.1, -0.05) is 25.5 Å². The van der Waals surface area contributed by atoms with Crippen LogP contribution in [0.1, 0.15) is 32.6 Å². The third-order valence-electron chi connectivity index (χ3n) is 3.76. The molecule has 0 unspecified atom stereocenters. The number of ether oxygens (including phenoxy) is 1. The van der Waals surface area contributed by atoms with Gasteiger partial charge in [0.1, 0.15) is 5.75 Å². The standard InChI is InChI=1S/C16H23N3O2/c1-12-7-3-4-8-13(12)18-19-16(20)11-17-14-9-5-6-10-15(14)21-2/h5-6,9-10,12,17H,3-4,7-8,11H2,1-2H3,(H,19,20)/b18-13-/t12-/m0/s1. The number of nitrogens with zero attached hydrogens (tertiary/aromatic N) is 1. The molecule has 0 radical (unpaired) electrons. The molecule has 1 aliphatic rings. The number of amides is 1. The van der Waals surface area contributed by atoms with Crippen molar-refractivity contribution in [2.45, 2.75) is 32.6 Å². The Labute approximate surface area is 125 Å². The Balaban J connectivity index is 1.83. The first kappa shape index (κ1) is 15.4. The molecule has 1 saturated carbocycles. The number of para-hydroxylation sites is 2. The second kappa shape index (κ2) is 7.67. The number of nitrogens with one attached hydrogen (secondary N) is 2. The maximum atomic E-state index is 11.8. The summed E-state index contributed by atoms with van der Waals surface area (Å²) < 4.78 is 5.23. The number of hydrogen-bond acceptors (Lipinski definition) is 4. The van der Waals surface area contributed by atoms with Crippen molar-refractivity contribution in [3.63, 3.8) is 0 Å². The van der Waals surface area contributed by atoms with Crippen molar-refractivity contribution in [2.24, 2.45) is 11.0 Å². The highest BCUT2D eigenvalue weighted by Gasteiger charge is 2.16. The Kier molecular flexibility index (Phi) is 5.60. The van der Waals surface area contributed by atoms with Crippen molar-refractivity contribution in [1.82, 2.24) is 5.43 Å². The van der Waals surface area contributed by atoms with Crippen molar-refractivity contribution in [3.8, 4) is 5.75 Å². The minimum atomic E-state index is -0.147. The zero-order valence-electron chi connectivity index (χ0n) is 12.7. The van der Waals surface area contributed by atoms with Crippen molar-refractivity contribution in [1.29, 1.82) is 0 Å². The SMILES string of the molecule is COc1ccccc1NCC(=O)N/N=C1/CCCC[C@@H]1C. The van der Waals surface area contributed by atoms with Gasteiger partial charge in [0, 0.05) is 5.71 Å². The van der Waals surface area contributed by atoms with Crippen molar-refractivity contribution < 1.29 is 9.53 Å². The van der Waals surface area contributed by atoms with Gasteiger partial charge in [-0.15, -0.1) is 0 Å². The van der Waals surface area contributed by atoms with E-state index in [4.69, 9.17) is 4.74 Å². The lowest BCUT2D eigenvalue weighted by atomic mass is 9.89. The predicted octanol–water partition coefficient (Wildman–Crippen LogP) is 2.79. The Morgan fingerprint density at radius 2 is 2.19 bits per heavy atom. The fraction of sp³-hybridized carbons (Fsp3) is 0.500. The van der Waals surface area contributed by atoms with Gasteiger partial charge in [0.25, 0.3) is 5.91 Å². The van der Waals surface area contributed by atoms with E-state index >= 15 is 0 Å². The van der Waals surface area contributed by atoms with Gasteiger partial charge in [-0.2, -0.15) is 5.10 Å². The van der Waals surface area contributed by atoms with Crippen LogP contribution in [-0.4, -0.2) is 25.3 Å². The van der Waals surface area contributed by atoms with Crippen molar-refractivity contribution in [3.05, 3.63) is 24.3 Å². The summed E-state index contributed by atoms with van der Waals surface area (Å²) in [5.74, 6) is 1.05. The van der Waals surface area contributed by atoms with E-state index in [-0.39, 0.29) is 12.5 Å². The first-order chi connectivity index (χ1) is 10.2. The molecule has 0 bridgehead atoms. The van der Waals surface area contributed by atoms with Crippen molar-refractivity contribution >= 4 is 17.3 Å². The van der Waals surface area contributed by atoms with E-state index in [0.29, 0.717) is 5.92 Å². The fourth-order valence-corrected chi connectivity index (χ4v) is 2.48. The van der Waals surface area contributed by atoms with Crippen molar-refractivity contribution in [2.75, 3.05) is 19.0 Å². The molecule has 1 amide bonds. The molecule has 2 rings (SSSR count). The van der Waals surface area contributed by atoms with Gasteiger partial charge < -0.3 is 10.1 Å². The van der Waals surface area contributed by atoms with Crippen LogP contribution in [0, 0.1) is 5.92 Å². The number of methoxy groups -OCH3 is 1. The lowest BCUT2D eigenvalue weighted by Gasteiger charge is -2.19. The Morgan fingerprint density at radius 1 is 1.38 bits per heavy atom. The molecule has 0 spiro atoms. The monoisotopic (exact) mass is 289 g/mol. The minimum Gasteiger partial charge on any atom is -0.495 e. The van der Waals surface area contributed by atoms with Gasteiger partial charge in [0.15, 0.2) is 0 Å².